The van der Waals surface area contributed by atoms with Crippen LogP contribution in [0.4, 0.5) is 0 Å². The van der Waals surface area contributed by atoms with Gasteiger partial charge in [0.2, 0.25) is 0 Å². The summed E-state index contributed by atoms with van der Waals surface area (Å²) in [6, 6.07) is 0. The van der Waals surface area contributed by atoms with Crippen LogP contribution in [0, 0.1) is 5.41 Å². The zero-order valence-corrected chi connectivity index (χ0v) is 10.9. The number of hydrogen-bond donors (Lipinski definition) is 0. The first-order chi connectivity index (χ1) is 6.97. The van der Waals surface area contributed by atoms with E-state index < -0.39 is 0 Å². The molecule has 0 aromatic heterocycles. The lowest BCUT2D eigenvalue weighted by molar-refractivity contribution is 0.376. The van der Waals surface area contributed by atoms with Crippen LogP contribution < -0.4 is 0 Å². The summed E-state index contributed by atoms with van der Waals surface area (Å²) >= 11 is 0. The molecule has 1 rings (SSSR count). The average molecular weight is 204 g/mol. The maximum Gasteiger partial charge on any atom is -0.0104 e. The predicted octanol–water partition coefficient (Wildman–Crippen LogP) is 5.04. The summed E-state index contributed by atoms with van der Waals surface area (Å²) in [6.45, 7) is 11.3. The van der Waals surface area contributed by atoms with Gasteiger partial charge in [-0.3, -0.25) is 0 Å². The first-order valence-electron chi connectivity index (χ1n) is 5.98. The Balaban J connectivity index is 3.04. The van der Waals surface area contributed by atoms with Crippen molar-refractivity contribution in [3.8, 4) is 0 Å². The maximum absolute atomic E-state index is 2.37. The second kappa shape index (κ2) is 4.83. The molecule has 0 aromatic carbocycles. The predicted molar refractivity (Wildman–Crippen MR) is 68.9 cm³/mol. The van der Waals surface area contributed by atoms with Gasteiger partial charge >= 0.3 is 0 Å². The second-order valence-corrected chi connectivity index (χ2v) is 5.32. The third-order valence-electron chi connectivity index (χ3n) is 3.34. The van der Waals surface area contributed by atoms with Crippen molar-refractivity contribution in [3.63, 3.8) is 0 Å². The number of hydrogen-bond acceptors (Lipinski definition) is 0. The van der Waals surface area contributed by atoms with Crippen molar-refractivity contribution in [2.24, 2.45) is 5.41 Å². The highest BCUT2D eigenvalue weighted by molar-refractivity contribution is 5.37. The molecule has 0 N–H and O–H groups in total. The molecule has 0 spiro atoms. The molecule has 84 valence electrons. The Labute approximate surface area is 94.8 Å². The summed E-state index contributed by atoms with van der Waals surface area (Å²) in [4.78, 5) is 0. The smallest absolute Gasteiger partial charge is 0.0104 e. The first-order valence-corrected chi connectivity index (χ1v) is 5.98. The van der Waals surface area contributed by atoms with Gasteiger partial charge in [-0.25, -0.2) is 0 Å². The van der Waals surface area contributed by atoms with Crippen molar-refractivity contribution in [2.75, 3.05) is 0 Å². The Kier molecular flexibility index (Phi) is 3.96. The second-order valence-electron chi connectivity index (χ2n) is 5.32. The molecule has 0 fully saturated rings. The molecule has 15 heavy (non-hydrogen) atoms. The Hall–Kier alpha value is -0.780. The van der Waals surface area contributed by atoms with E-state index >= 15 is 0 Å². The molecule has 0 saturated carbocycles. The zero-order chi connectivity index (χ0) is 11.5. The van der Waals surface area contributed by atoms with Crippen molar-refractivity contribution in [1.29, 1.82) is 0 Å². The normalized spacial score (nSPS) is 22.6. The summed E-state index contributed by atoms with van der Waals surface area (Å²) in [7, 11) is 0. The van der Waals surface area contributed by atoms with E-state index in [0.29, 0.717) is 5.41 Å². The standard InChI is InChI=1S/C15H24/c1-6-8-12(2)11-14-13(3)9-7-10-15(14,4)5/h6,8,11H,7,9-10H2,1-5H3. The van der Waals surface area contributed by atoms with Crippen molar-refractivity contribution < 1.29 is 0 Å². The molecule has 0 radical (unpaired) electrons. The Morgan fingerprint density at radius 3 is 2.53 bits per heavy atom. The van der Waals surface area contributed by atoms with Gasteiger partial charge in [0.1, 0.15) is 0 Å². The van der Waals surface area contributed by atoms with Crippen LogP contribution >= 0.6 is 0 Å². The fourth-order valence-corrected chi connectivity index (χ4v) is 2.50. The van der Waals surface area contributed by atoms with Crippen LogP contribution in [0.3, 0.4) is 0 Å². The summed E-state index contributed by atoms with van der Waals surface area (Å²) in [5.41, 5.74) is 4.87. The molecule has 1 aliphatic rings. The summed E-state index contributed by atoms with van der Waals surface area (Å²) in [6.07, 6.45) is 10.6. The van der Waals surface area contributed by atoms with E-state index in [4.69, 9.17) is 0 Å². The fourth-order valence-electron chi connectivity index (χ4n) is 2.50. The van der Waals surface area contributed by atoms with Crippen LogP contribution in [0.25, 0.3) is 0 Å². The molecule has 0 aliphatic heterocycles. The summed E-state index contributed by atoms with van der Waals surface area (Å²) in [5.74, 6) is 0. The van der Waals surface area contributed by atoms with Crippen LogP contribution in [0.2, 0.25) is 0 Å². The van der Waals surface area contributed by atoms with Gasteiger partial charge in [0.15, 0.2) is 0 Å². The number of allylic oxidation sites excluding steroid dienone is 6. The van der Waals surface area contributed by atoms with Gasteiger partial charge in [0, 0.05) is 0 Å². The van der Waals surface area contributed by atoms with Crippen molar-refractivity contribution in [3.05, 3.63) is 34.9 Å². The molecule has 0 heteroatoms. The van der Waals surface area contributed by atoms with Crippen LogP contribution in [-0.2, 0) is 0 Å². The van der Waals surface area contributed by atoms with Crippen molar-refractivity contribution >= 4 is 0 Å². The summed E-state index contributed by atoms with van der Waals surface area (Å²) < 4.78 is 0. The molecule has 0 nitrogen and oxygen atoms in total. The SMILES string of the molecule is CC=CC(C)=CC1=C(C)CCCC1(C)C. The molecule has 0 unspecified atom stereocenters. The fraction of sp³-hybridized carbons (Fsp3) is 0.600. The molecule has 0 bridgehead atoms. The van der Waals surface area contributed by atoms with Crippen LogP contribution in [0.5, 0.6) is 0 Å². The molecule has 0 atom stereocenters. The van der Waals surface area contributed by atoms with E-state index in [1.54, 1.807) is 11.1 Å². The van der Waals surface area contributed by atoms with E-state index in [0.717, 1.165) is 0 Å². The Morgan fingerprint density at radius 2 is 2.00 bits per heavy atom. The third-order valence-corrected chi connectivity index (χ3v) is 3.34. The van der Waals surface area contributed by atoms with Gasteiger partial charge in [-0.15, -0.1) is 0 Å². The van der Waals surface area contributed by atoms with Crippen LogP contribution in [-0.4, -0.2) is 0 Å². The highest BCUT2D eigenvalue weighted by atomic mass is 14.3. The molecular formula is C15H24. The lowest BCUT2D eigenvalue weighted by atomic mass is 9.72. The lowest BCUT2D eigenvalue weighted by Gasteiger charge is -2.33. The quantitative estimate of drug-likeness (QED) is 0.553. The molecular weight excluding hydrogens is 180 g/mol. The van der Waals surface area contributed by atoms with Gasteiger partial charge in [0.05, 0.1) is 0 Å². The summed E-state index contributed by atoms with van der Waals surface area (Å²) in [5, 5.41) is 0. The minimum atomic E-state index is 0.366. The lowest BCUT2D eigenvalue weighted by Crippen LogP contribution is -2.19. The highest BCUT2D eigenvalue weighted by Gasteiger charge is 2.26. The monoisotopic (exact) mass is 204 g/mol. The minimum absolute atomic E-state index is 0.366. The van der Waals surface area contributed by atoms with E-state index in [1.165, 1.54) is 24.8 Å². The molecule has 0 heterocycles. The van der Waals surface area contributed by atoms with E-state index in [9.17, 15) is 0 Å². The van der Waals surface area contributed by atoms with Crippen molar-refractivity contribution in [1.82, 2.24) is 0 Å². The first kappa shape index (κ1) is 12.3. The highest BCUT2D eigenvalue weighted by Crippen LogP contribution is 2.41. The van der Waals surface area contributed by atoms with E-state index in [2.05, 4.69) is 52.8 Å². The van der Waals surface area contributed by atoms with Crippen LogP contribution in [0.15, 0.2) is 34.9 Å². The van der Waals surface area contributed by atoms with Gasteiger partial charge < -0.3 is 0 Å². The minimum Gasteiger partial charge on any atom is -0.0874 e. The van der Waals surface area contributed by atoms with E-state index in [1.807, 2.05) is 0 Å². The third kappa shape index (κ3) is 3.09. The Morgan fingerprint density at radius 1 is 1.33 bits per heavy atom. The zero-order valence-electron chi connectivity index (χ0n) is 10.9. The topological polar surface area (TPSA) is 0 Å². The molecule has 1 aliphatic carbocycles. The number of rotatable bonds is 2. The van der Waals surface area contributed by atoms with Gasteiger partial charge in [0.25, 0.3) is 0 Å². The van der Waals surface area contributed by atoms with Gasteiger partial charge in [-0.2, -0.15) is 0 Å². The van der Waals surface area contributed by atoms with E-state index in [-0.39, 0.29) is 0 Å². The van der Waals surface area contributed by atoms with Gasteiger partial charge in [-0.1, -0.05) is 43.2 Å². The molecule has 0 saturated heterocycles. The van der Waals surface area contributed by atoms with Crippen LogP contribution in [0.1, 0.15) is 53.9 Å². The average Bonchev–Trinajstić information content (AvgIpc) is 2.12. The molecule has 0 aromatic rings. The largest absolute Gasteiger partial charge is 0.0874 e. The van der Waals surface area contributed by atoms with Gasteiger partial charge in [-0.05, 0) is 51.0 Å². The van der Waals surface area contributed by atoms with Crippen molar-refractivity contribution in [2.45, 2.75) is 53.9 Å². The molecule has 0 amide bonds. The Bertz CT molecular complexity index is 311. The maximum atomic E-state index is 2.37.